The third-order valence-electron chi connectivity index (χ3n) is 3.76. The molecule has 2 rings (SSSR count). The summed E-state index contributed by atoms with van der Waals surface area (Å²) in [5.41, 5.74) is 0.402. The molecule has 21 heavy (non-hydrogen) atoms. The van der Waals surface area contributed by atoms with Gasteiger partial charge in [-0.1, -0.05) is 25.1 Å². The lowest BCUT2D eigenvalue weighted by Gasteiger charge is -2.30. The zero-order chi connectivity index (χ0) is 15.5. The second-order valence-corrected chi connectivity index (χ2v) is 5.36. The largest absolute Gasteiger partial charge is 0.497 e. The third kappa shape index (κ3) is 3.34. The number of methoxy groups -OCH3 is 1. The Kier molecular flexibility index (Phi) is 4.48. The second kappa shape index (κ2) is 6.14. The monoisotopic (exact) mass is 287 g/mol. The molecule has 0 fully saturated rings. The van der Waals surface area contributed by atoms with Gasteiger partial charge in [-0.3, -0.25) is 4.79 Å². The van der Waals surface area contributed by atoms with Crippen molar-refractivity contribution in [1.82, 2.24) is 5.32 Å². The molecule has 2 N–H and O–H groups in total. The summed E-state index contributed by atoms with van der Waals surface area (Å²) in [6, 6.07) is 11.9. The van der Waals surface area contributed by atoms with Crippen LogP contribution in [0.25, 0.3) is 10.8 Å². The van der Waals surface area contributed by atoms with E-state index in [9.17, 15) is 4.79 Å². The maximum Gasteiger partial charge on any atom is 0.305 e. The molecule has 0 aliphatic carbocycles. The van der Waals surface area contributed by atoms with Gasteiger partial charge in [-0.05, 0) is 48.0 Å². The standard InChI is InChI=1S/C17H21NO3/c1-4-18-17(2,11-16(19)20)14-7-5-13-10-15(21-3)8-6-12(13)9-14/h5-10,18H,4,11H2,1-3H3,(H,19,20). The van der Waals surface area contributed by atoms with Gasteiger partial charge in [-0.25, -0.2) is 0 Å². The van der Waals surface area contributed by atoms with E-state index in [1.807, 2.05) is 50.2 Å². The average Bonchev–Trinajstić information content (AvgIpc) is 2.45. The number of nitrogens with one attached hydrogen (secondary N) is 1. The van der Waals surface area contributed by atoms with Gasteiger partial charge >= 0.3 is 5.97 Å². The van der Waals surface area contributed by atoms with Crippen molar-refractivity contribution in [1.29, 1.82) is 0 Å². The van der Waals surface area contributed by atoms with E-state index in [4.69, 9.17) is 9.84 Å². The minimum Gasteiger partial charge on any atom is -0.497 e. The van der Waals surface area contributed by atoms with Crippen LogP contribution in [-0.2, 0) is 10.3 Å². The van der Waals surface area contributed by atoms with Crippen LogP contribution in [0.4, 0.5) is 0 Å². The zero-order valence-electron chi connectivity index (χ0n) is 12.6. The van der Waals surface area contributed by atoms with Gasteiger partial charge in [-0.15, -0.1) is 0 Å². The van der Waals surface area contributed by atoms with Crippen molar-refractivity contribution in [2.24, 2.45) is 0 Å². The number of carboxylic acids is 1. The summed E-state index contributed by atoms with van der Waals surface area (Å²) in [6.07, 6.45) is 0.0441. The predicted molar refractivity (Wildman–Crippen MR) is 83.8 cm³/mol. The lowest BCUT2D eigenvalue weighted by Crippen LogP contribution is -2.41. The van der Waals surface area contributed by atoms with Crippen LogP contribution in [-0.4, -0.2) is 24.7 Å². The first-order valence-corrected chi connectivity index (χ1v) is 7.03. The van der Waals surface area contributed by atoms with Crippen LogP contribution in [0.15, 0.2) is 36.4 Å². The molecule has 0 saturated heterocycles. The van der Waals surface area contributed by atoms with Gasteiger partial charge < -0.3 is 15.2 Å². The van der Waals surface area contributed by atoms with Gasteiger partial charge in [-0.2, -0.15) is 0 Å². The van der Waals surface area contributed by atoms with Crippen LogP contribution >= 0.6 is 0 Å². The number of carboxylic acid groups (broad SMARTS) is 1. The van der Waals surface area contributed by atoms with Crippen molar-refractivity contribution in [3.63, 3.8) is 0 Å². The Hall–Kier alpha value is -2.07. The number of rotatable bonds is 6. The normalized spacial score (nSPS) is 13.9. The lowest BCUT2D eigenvalue weighted by atomic mass is 9.87. The highest BCUT2D eigenvalue weighted by Gasteiger charge is 2.28. The summed E-state index contributed by atoms with van der Waals surface area (Å²) < 4.78 is 5.22. The number of hydrogen-bond acceptors (Lipinski definition) is 3. The Morgan fingerprint density at radius 2 is 1.90 bits per heavy atom. The van der Waals surface area contributed by atoms with Crippen molar-refractivity contribution < 1.29 is 14.6 Å². The fourth-order valence-corrected chi connectivity index (χ4v) is 2.65. The fourth-order valence-electron chi connectivity index (χ4n) is 2.65. The highest BCUT2D eigenvalue weighted by Crippen LogP contribution is 2.29. The quantitative estimate of drug-likeness (QED) is 0.857. The smallest absolute Gasteiger partial charge is 0.305 e. The first-order chi connectivity index (χ1) is 9.98. The van der Waals surface area contributed by atoms with Crippen LogP contribution in [0.1, 0.15) is 25.8 Å². The Labute approximate surface area is 124 Å². The summed E-state index contributed by atoms with van der Waals surface area (Å²) in [5, 5.41) is 14.6. The highest BCUT2D eigenvalue weighted by atomic mass is 16.5. The SMILES string of the molecule is CCNC(C)(CC(=O)O)c1ccc2cc(OC)ccc2c1. The predicted octanol–water partition coefficient (Wildman–Crippen LogP) is 3.15. The minimum atomic E-state index is -0.812. The molecule has 2 aromatic rings. The van der Waals surface area contributed by atoms with Crippen LogP contribution in [0.2, 0.25) is 0 Å². The van der Waals surface area contributed by atoms with E-state index in [2.05, 4.69) is 5.32 Å². The lowest BCUT2D eigenvalue weighted by molar-refractivity contribution is -0.138. The minimum absolute atomic E-state index is 0.0441. The van der Waals surface area contributed by atoms with Crippen LogP contribution < -0.4 is 10.1 Å². The maximum absolute atomic E-state index is 11.2. The molecule has 0 heterocycles. The Morgan fingerprint density at radius 1 is 1.24 bits per heavy atom. The number of fused-ring (bicyclic) bond motifs is 1. The molecule has 0 spiro atoms. The van der Waals surface area contributed by atoms with Gasteiger partial charge in [0, 0.05) is 0 Å². The zero-order valence-corrected chi connectivity index (χ0v) is 12.6. The Balaban J connectivity index is 2.46. The Morgan fingerprint density at radius 3 is 2.52 bits per heavy atom. The molecule has 1 unspecified atom stereocenters. The number of carbonyl (C=O) groups is 1. The summed E-state index contributed by atoms with van der Waals surface area (Å²) in [6.45, 7) is 4.62. The van der Waals surface area contributed by atoms with Crippen molar-refractivity contribution in [2.45, 2.75) is 25.8 Å². The van der Waals surface area contributed by atoms with E-state index in [0.29, 0.717) is 6.54 Å². The summed E-state index contributed by atoms with van der Waals surface area (Å²) in [4.78, 5) is 11.2. The fraction of sp³-hybridized carbons (Fsp3) is 0.353. The van der Waals surface area contributed by atoms with Gasteiger partial charge in [0.2, 0.25) is 0 Å². The molecule has 2 aromatic carbocycles. The molecule has 0 amide bonds. The molecule has 0 radical (unpaired) electrons. The van der Waals surface area contributed by atoms with Gasteiger partial charge in [0.1, 0.15) is 5.75 Å². The maximum atomic E-state index is 11.2. The van der Waals surface area contributed by atoms with Crippen molar-refractivity contribution in [3.05, 3.63) is 42.0 Å². The van der Waals surface area contributed by atoms with E-state index >= 15 is 0 Å². The van der Waals surface area contributed by atoms with Crippen molar-refractivity contribution >= 4 is 16.7 Å². The molecular weight excluding hydrogens is 266 g/mol. The summed E-state index contributed by atoms with van der Waals surface area (Å²) in [5.74, 6) is 0.00325. The summed E-state index contributed by atoms with van der Waals surface area (Å²) >= 11 is 0. The van der Waals surface area contributed by atoms with Crippen molar-refractivity contribution in [3.8, 4) is 5.75 Å². The molecule has 112 valence electrons. The topological polar surface area (TPSA) is 58.6 Å². The first-order valence-electron chi connectivity index (χ1n) is 7.03. The molecule has 0 aliphatic rings. The van der Waals surface area contributed by atoms with E-state index in [1.54, 1.807) is 7.11 Å². The number of aliphatic carboxylic acids is 1. The van der Waals surface area contributed by atoms with Crippen LogP contribution in [0.5, 0.6) is 5.75 Å². The second-order valence-electron chi connectivity index (χ2n) is 5.36. The van der Waals surface area contributed by atoms with Gasteiger partial charge in [0.05, 0.1) is 19.1 Å². The summed E-state index contributed by atoms with van der Waals surface area (Å²) in [7, 11) is 1.64. The molecule has 4 heteroatoms. The molecule has 1 atom stereocenters. The van der Waals surface area contributed by atoms with Gasteiger partial charge in [0.25, 0.3) is 0 Å². The van der Waals surface area contributed by atoms with Gasteiger partial charge in [0.15, 0.2) is 0 Å². The third-order valence-corrected chi connectivity index (χ3v) is 3.76. The molecular formula is C17H21NO3. The van der Waals surface area contributed by atoms with Crippen LogP contribution in [0, 0.1) is 0 Å². The van der Waals surface area contributed by atoms with E-state index in [0.717, 1.165) is 22.1 Å². The number of ether oxygens (including phenoxy) is 1. The Bertz CT molecular complexity index is 654. The van der Waals surface area contributed by atoms with E-state index in [1.165, 1.54) is 0 Å². The molecule has 0 aliphatic heterocycles. The highest BCUT2D eigenvalue weighted by molar-refractivity contribution is 5.85. The van der Waals surface area contributed by atoms with Crippen molar-refractivity contribution in [2.75, 3.05) is 13.7 Å². The molecule has 0 bridgehead atoms. The van der Waals surface area contributed by atoms with E-state index < -0.39 is 11.5 Å². The molecule has 0 saturated carbocycles. The van der Waals surface area contributed by atoms with E-state index in [-0.39, 0.29) is 6.42 Å². The first kappa shape index (κ1) is 15.3. The molecule has 0 aromatic heterocycles. The number of benzene rings is 2. The van der Waals surface area contributed by atoms with Crippen LogP contribution in [0.3, 0.4) is 0 Å². The number of hydrogen-bond donors (Lipinski definition) is 2. The molecule has 4 nitrogen and oxygen atoms in total. The average molecular weight is 287 g/mol.